The zero-order valence-electron chi connectivity index (χ0n) is 17.4. The number of amides is 1. The van der Waals surface area contributed by atoms with Crippen molar-refractivity contribution in [2.24, 2.45) is 0 Å². The van der Waals surface area contributed by atoms with E-state index in [-0.39, 0.29) is 22.8 Å². The highest BCUT2D eigenvalue weighted by molar-refractivity contribution is 7.89. The van der Waals surface area contributed by atoms with E-state index < -0.39 is 10.0 Å². The number of anilines is 1. The molecule has 10 heteroatoms. The number of pyridine rings is 1. The predicted molar refractivity (Wildman–Crippen MR) is 119 cm³/mol. The summed E-state index contributed by atoms with van der Waals surface area (Å²) in [7, 11) is -2.03. The van der Waals surface area contributed by atoms with Crippen LogP contribution in [0.3, 0.4) is 0 Å². The van der Waals surface area contributed by atoms with Crippen LogP contribution in [0.2, 0.25) is 0 Å². The van der Waals surface area contributed by atoms with Crippen molar-refractivity contribution in [3.63, 3.8) is 0 Å². The van der Waals surface area contributed by atoms with Crippen LogP contribution in [0.4, 0.5) is 5.82 Å². The minimum absolute atomic E-state index is 0.00671. The summed E-state index contributed by atoms with van der Waals surface area (Å²) in [5, 5.41) is 2.83. The van der Waals surface area contributed by atoms with E-state index in [4.69, 9.17) is 5.73 Å². The molecule has 3 heterocycles. The molecule has 1 aliphatic carbocycles. The zero-order valence-corrected chi connectivity index (χ0v) is 18.3. The lowest BCUT2D eigenvalue weighted by atomic mass is 9.96. The molecule has 164 valence electrons. The van der Waals surface area contributed by atoms with Gasteiger partial charge >= 0.3 is 0 Å². The second-order valence-electron chi connectivity index (χ2n) is 8.00. The van der Waals surface area contributed by atoms with Gasteiger partial charge in [0, 0.05) is 42.5 Å². The number of benzene rings is 1. The maximum atomic E-state index is 12.7. The van der Waals surface area contributed by atoms with E-state index in [2.05, 4.69) is 20.3 Å². The summed E-state index contributed by atoms with van der Waals surface area (Å²) in [5.74, 6) is 0.186. The first-order chi connectivity index (χ1) is 15.3. The van der Waals surface area contributed by atoms with E-state index in [1.165, 1.54) is 22.8 Å². The Balaban J connectivity index is 1.47. The van der Waals surface area contributed by atoms with E-state index in [0.717, 1.165) is 30.4 Å². The smallest absolute Gasteiger partial charge is 0.260 e. The minimum atomic E-state index is -3.61. The van der Waals surface area contributed by atoms with Crippen LogP contribution in [-0.4, -0.2) is 53.2 Å². The van der Waals surface area contributed by atoms with E-state index in [0.29, 0.717) is 29.1 Å². The van der Waals surface area contributed by atoms with Crippen LogP contribution in [0.15, 0.2) is 47.8 Å². The molecule has 1 amide bonds. The molecule has 0 atom stereocenters. The van der Waals surface area contributed by atoms with Gasteiger partial charge in [-0.2, -0.15) is 4.31 Å². The van der Waals surface area contributed by atoms with Crippen molar-refractivity contribution in [1.82, 2.24) is 24.6 Å². The van der Waals surface area contributed by atoms with Gasteiger partial charge in [0.15, 0.2) is 5.03 Å². The number of sulfonamides is 1. The molecule has 5 rings (SSSR count). The van der Waals surface area contributed by atoms with Gasteiger partial charge in [-0.15, -0.1) is 0 Å². The molecule has 2 aliphatic rings. The first-order valence-corrected chi connectivity index (χ1v) is 11.8. The van der Waals surface area contributed by atoms with E-state index in [1.807, 2.05) is 6.07 Å². The van der Waals surface area contributed by atoms with Gasteiger partial charge in [0.25, 0.3) is 15.9 Å². The summed E-state index contributed by atoms with van der Waals surface area (Å²) in [6.45, 7) is 0.591. The van der Waals surface area contributed by atoms with Gasteiger partial charge in [-0.3, -0.25) is 4.79 Å². The molecule has 3 N–H and O–H groups in total. The Morgan fingerprint density at radius 3 is 2.59 bits per heavy atom. The van der Waals surface area contributed by atoms with Crippen molar-refractivity contribution in [2.75, 3.05) is 19.3 Å². The minimum Gasteiger partial charge on any atom is -0.382 e. The van der Waals surface area contributed by atoms with Crippen LogP contribution in [0.25, 0.3) is 22.5 Å². The number of aromatic nitrogens is 3. The SMILES string of the molecule is CN(C1CC1)S(=O)(=O)c1ccc(-c2cnc(N)c(-c3ccc4c(c3)CCNC4=O)n2)cn1. The lowest BCUT2D eigenvalue weighted by molar-refractivity contribution is 0.0946. The predicted octanol–water partition coefficient (Wildman–Crippen LogP) is 1.86. The topological polar surface area (TPSA) is 131 Å². The standard InChI is InChI=1S/C22H22N6O3S/c1-28(16-4-5-16)32(30,31)19-7-3-15(11-25-19)18-12-26-21(23)20(27-18)14-2-6-17-13(10-14)8-9-24-22(17)29/h2-3,6-7,10-12,16H,4-5,8-9H2,1H3,(H2,23,26)(H,24,29). The number of nitrogens with zero attached hydrogens (tertiary/aromatic N) is 4. The molecule has 0 unspecified atom stereocenters. The summed E-state index contributed by atoms with van der Waals surface area (Å²) in [6.07, 6.45) is 5.51. The van der Waals surface area contributed by atoms with E-state index in [1.54, 1.807) is 25.2 Å². The number of nitrogen functional groups attached to an aromatic ring is 1. The summed E-state index contributed by atoms with van der Waals surface area (Å²) < 4.78 is 26.7. The molecule has 1 saturated carbocycles. The van der Waals surface area contributed by atoms with Crippen LogP contribution in [0, 0.1) is 0 Å². The summed E-state index contributed by atoms with van der Waals surface area (Å²) in [5.41, 5.74) is 10.1. The number of nitrogens with one attached hydrogen (secondary N) is 1. The number of carbonyl (C=O) groups excluding carboxylic acids is 1. The Kier molecular flexibility index (Phi) is 4.90. The largest absolute Gasteiger partial charge is 0.382 e. The highest BCUT2D eigenvalue weighted by Crippen LogP contribution is 2.31. The molecule has 1 aliphatic heterocycles. The lowest BCUT2D eigenvalue weighted by Crippen LogP contribution is -2.31. The Hall–Kier alpha value is -3.37. The summed E-state index contributed by atoms with van der Waals surface area (Å²) in [4.78, 5) is 25.1. The second-order valence-corrected chi connectivity index (χ2v) is 9.95. The quantitative estimate of drug-likeness (QED) is 0.606. The fourth-order valence-electron chi connectivity index (χ4n) is 3.79. The molecule has 9 nitrogen and oxygen atoms in total. The molecule has 1 aromatic carbocycles. The number of hydrogen-bond donors (Lipinski definition) is 2. The number of rotatable bonds is 5. The van der Waals surface area contributed by atoms with Gasteiger partial charge in [-0.05, 0) is 49.1 Å². The first kappa shape index (κ1) is 20.5. The van der Waals surface area contributed by atoms with Gasteiger partial charge < -0.3 is 11.1 Å². The van der Waals surface area contributed by atoms with Crippen LogP contribution in [0.1, 0.15) is 28.8 Å². The Bertz CT molecular complexity index is 1320. The first-order valence-electron chi connectivity index (χ1n) is 10.3. The highest BCUT2D eigenvalue weighted by atomic mass is 32.2. The van der Waals surface area contributed by atoms with Crippen molar-refractivity contribution >= 4 is 21.7 Å². The maximum Gasteiger partial charge on any atom is 0.260 e. The third-order valence-corrected chi connectivity index (χ3v) is 7.67. The number of fused-ring (bicyclic) bond motifs is 1. The maximum absolute atomic E-state index is 12.7. The average molecular weight is 451 g/mol. The Labute approximate surface area is 185 Å². The van der Waals surface area contributed by atoms with Crippen LogP contribution in [-0.2, 0) is 16.4 Å². The number of hydrogen-bond acceptors (Lipinski definition) is 7. The van der Waals surface area contributed by atoms with Gasteiger partial charge in [0.2, 0.25) is 0 Å². The molecule has 3 aromatic rings. The molecule has 2 aromatic heterocycles. The molecular weight excluding hydrogens is 428 g/mol. The molecule has 1 fully saturated rings. The van der Waals surface area contributed by atoms with Crippen LogP contribution in [0.5, 0.6) is 0 Å². The van der Waals surface area contributed by atoms with Crippen molar-refractivity contribution in [2.45, 2.75) is 30.3 Å². The summed E-state index contributed by atoms with van der Waals surface area (Å²) in [6, 6.07) is 8.70. The average Bonchev–Trinajstić information content (AvgIpc) is 3.64. The molecule has 0 saturated heterocycles. The molecule has 0 radical (unpaired) electrons. The van der Waals surface area contributed by atoms with Crippen LogP contribution < -0.4 is 11.1 Å². The molecule has 0 bridgehead atoms. The number of carbonyl (C=O) groups is 1. The van der Waals surface area contributed by atoms with Gasteiger partial charge in [0.1, 0.15) is 11.5 Å². The normalized spacial score (nSPS) is 16.0. The zero-order chi connectivity index (χ0) is 22.5. The second kappa shape index (κ2) is 7.64. The monoisotopic (exact) mass is 450 g/mol. The van der Waals surface area contributed by atoms with Crippen molar-refractivity contribution in [3.8, 4) is 22.5 Å². The summed E-state index contributed by atoms with van der Waals surface area (Å²) >= 11 is 0. The van der Waals surface area contributed by atoms with E-state index in [9.17, 15) is 13.2 Å². The molecular formula is C22H22N6O3S. The fraction of sp³-hybridized carbons (Fsp3) is 0.273. The highest BCUT2D eigenvalue weighted by Gasteiger charge is 2.35. The lowest BCUT2D eigenvalue weighted by Gasteiger charge is -2.17. The Morgan fingerprint density at radius 2 is 1.88 bits per heavy atom. The third kappa shape index (κ3) is 3.61. The van der Waals surface area contributed by atoms with Crippen molar-refractivity contribution in [3.05, 3.63) is 53.9 Å². The fourth-order valence-corrected chi connectivity index (χ4v) is 5.12. The van der Waals surface area contributed by atoms with Crippen molar-refractivity contribution < 1.29 is 13.2 Å². The van der Waals surface area contributed by atoms with Crippen molar-refractivity contribution in [1.29, 1.82) is 0 Å². The van der Waals surface area contributed by atoms with Gasteiger partial charge in [-0.1, -0.05) is 6.07 Å². The molecule has 0 spiro atoms. The van der Waals surface area contributed by atoms with Gasteiger partial charge in [-0.25, -0.2) is 23.4 Å². The Morgan fingerprint density at radius 1 is 1.09 bits per heavy atom. The molecule has 32 heavy (non-hydrogen) atoms. The third-order valence-electron chi connectivity index (χ3n) is 5.84. The number of nitrogens with two attached hydrogens (primary N) is 1. The van der Waals surface area contributed by atoms with Crippen LogP contribution >= 0.6 is 0 Å². The van der Waals surface area contributed by atoms with Gasteiger partial charge in [0.05, 0.1) is 11.9 Å². The van der Waals surface area contributed by atoms with E-state index >= 15 is 0 Å².